The molecule has 0 aliphatic carbocycles. The Morgan fingerprint density at radius 2 is 2.11 bits per heavy atom. The van der Waals surface area contributed by atoms with E-state index >= 15 is 0 Å². The van der Waals surface area contributed by atoms with Crippen LogP contribution in [-0.4, -0.2) is 61.5 Å². The minimum absolute atomic E-state index is 0.143. The van der Waals surface area contributed by atoms with Crippen molar-refractivity contribution < 1.29 is 22.6 Å². The van der Waals surface area contributed by atoms with E-state index < -0.39 is 12.8 Å². The molecule has 0 bridgehead atoms. The highest BCUT2D eigenvalue weighted by atomic mass is 79.9. The van der Waals surface area contributed by atoms with Crippen molar-refractivity contribution in [1.82, 2.24) is 4.90 Å². The molecule has 0 radical (unpaired) electrons. The molecule has 1 aliphatic heterocycles. The second-order valence-corrected chi connectivity index (χ2v) is 5.15. The summed E-state index contributed by atoms with van der Waals surface area (Å²) in [5, 5.41) is 0.776. The summed E-state index contributed by atoms with van der Waals surface area (Å²) in [6.07, 6.45) is -3.30. The van der Waals surface area contributed by atoms with Crippen molar-refractivity contribution in [1.29, 1.82) is 0 Å². The Morgan fingerprint density at radius 3 is 2.72 bits per heavy atom. The van der Waals surface area contributed by atoms with Gasteiger partial charge in [-0.2, -0.15) is 13.2 Å². The van der Waals surface area contributed by atoms with E-state index in [9.17, 15) is 13.2 Å². The summed E-state index contributed by atoms with van der Waals surface area (Å²) in [7, 11) is 0. The molecule has 1 fully saturated rings. The van der Waals surface area contributed by atoms with Crippen LogP contribution in [0, 0.1) is 0 Å². The molecule has 0 aromatic carbocycles. The SMILES string of the molecule is CC1CN(CCCOCC(F)(F)F)CC(CBr)O1. The lowest BCUT2D eigenvalue weighted by Crippen LogP contribution is -2.47. The van der Waals surface area contributed by atoms with Crippen LogP contribution in [0.25, 0.3) is 0 Å². The first-order valence-electron chi connectivity index (χ1n) is 5.99. The molecule has 1 aliphatic rings. The summed E-state index contributed by atoms with van der Waals surface area (Å²) in [6, 6.07) is 0. The van der Waals surface area contributed by atoms with E-state index in [0.29, 0.717) is 6.42 Å². The summed E-state index contributed by atoms with van der Waals surface area (Å²) in [5.74, 6) is 0. The van der Waals surface area contributed by atoms with Crippen molar-refractivity contribution in [2.24, 2.45) is 0 Å². The van der Waals surface area contributed by atoms with Gasteiger partial charge in [-0.05, 0) is 13.3 Å². The number of hydrogen-bond acceptors (Lipinski definition) is 3. The van der Waals surface area contributed by atoms with Crippen molar-refractivity contribution in [3.8, 4) is 0 Å². The molecular weight excluding hydrogens is 315 g/mol. The van der Waals surface area contributed by atoms with Gasteiger partial charge in [0.15, 0.2) is 0 Å². The highest BCUT2D eigenvalue weighted by Crippen LogP contribution is 2.15. The lowest BCUT2D eigenvalue weighted by Gasteiger charge is -2.36. The Hall–Kier alpha value is 0.150. The zero-order valence-electron chi connectivity index (χ0n) is 10.4. The van der Waals surface area contributed by atoms with Gasteiger partial charge in [0.2, 0.25) is 0 Å². The van der Waals surface area contributed by atoms with Crippen LogP contribution in [0.3, 0.4) is 0 Å². The molecule has 2 atom stereocenters. The summed E-state index contributed by atoms with van der Waals surface area (Å²) < 4.78 is 45.7. The Kier molecular flexibility index (Phi) is 6.90. The lowest BCUT2D eigenvalue weighted by atomic mass is 10.2. The van der Waals surface area contributed by atoms with Gasteiger partial charge in [0.05, 0.1) is 12.2 Å². The maximum absolute atomic E-state index is 11.8. The normalized spacial score (nSPS) is 26.5. The molecule has 3 nitrogen and oxygen atoms in total. The smallest absolute Gasteiger partial charge is 0.372 e. The van der Waals surface area contributed by atoms with Crippen LogP contribution in [0.1, 0.15) is 13.3 Å². The van der Waals surface area contributed by atoms with Crippen molar-refractivity contribution in [3.63, 3.8) is 0 Å². The van der Waals surface area contributed by atoms with E-state index in [1.54, 1.807) is 0 Å². The maximum Gasteiger partial charge on any atom is 0.411 e. The van der Waals surface area contributed by atoms with Crippen molar-refractivity contribution in [2.75, 3.05) is 38.2 Å². The molecule has 0 amide bonds. The van der Waals surface area contributed by atoms with Crippen LogP contribution in [0.5, 0.6) is 0 Å². The zero-order chi connectivity index (χ0) is 13.6. The van der Waals surface area contributed by atoms with Crippen molar-refractivity contribution in [2.45, 2.75) is 31.7 Å². The minimum atomic E-state index is -4.23. The van der Waals surface area contributed by atoms with Gasteiger partial charge in [-0.1, -0.05) is 15.9 Å². The number of rotatable bonds is 6. The number of hydrogen-bond donors (Lipinski definition) is 0. The summed E-state index contributed by atoms with van der Waals surface area (Å²) in [6.45, 7) is 3.37. The number of nitrogens with zero attached hydrogens (tertiary/aromatic N) is 1. The number of halogens is 4. The average Bonchev–Trinajstić information content (AvgIpc) is 2.26. The van der Waals surface area contributed by atoms with Crippen molar-refractivity contribution in [3.05, 3.63) is 0 Å². The second kappa shape index (κ2) is 7.67. The second-order valence-electron chi connectivity index (χ2n) is 4.50. The van der Waals surface area contributed by atoms with E-state index in [1.807, 2.05) is 6.92 Å². The first-order valence-corrected chi connectivity index (χ1v) is 7.11. The number of alkyl halides is 4. The van der Waals surface area contributed by atoms with E-state index in [0.717, 1.165) is 25.0 Å². The molecule has 0 aromatic rings. The van der Waals surface area contributed by atoms with Crippen LogP contribution in [0.2, 0.25) is 0 Å². The van der Waals surface area contributed by atoms with Gasteiger partial charge in [-0.15, -0.1) is 0 Å². The van der Waals surface area contributed by atoms with E-state index in [2.05, 4.69) is 25.6 Å². The zero-order valence-corrected chi connectivity index (χ0v) is 12.0. The molecular formula is C11H19BrF3NO2. The average molecular weight is 334 g/mol. The maximum atomic E-state index is 11.8. The highest BCUT2D eigenvalue weighted by Gasteiger charge is 2.27. The first kappa shape index (κ1) is 16.2. The van der Waals surface area contributed by atoms with Gasteiger partial charge >= 0.3 is 6.18 Å². The fourth-order valence-corrected chi connectivity index (χ4v) is 2.34. The first-order chi connectivity index (χ1) is 8.40. The molecule has 1 rings (SSSR count). The topological polar surface area (TPSA) is 21.7 Å². The molecule has 0 aromatic heterocycles. The van der Waals surface area contributed by atoms with Crippen LogP contribution < -0.4 is 0 Å². The highest BCUT2D eigenvalue weighted by molar-refractivity contribution is 9.09. The van der Waals surface area contributed by atoms with Crippen molar-refractivity contribution >= 4 is 15.9 Å². The predicted octanol–water partition coefficient (Wildman–Crippen LogP) is 2.44. The molecule has 1 saturated heterocycles. The monoisotopic (exact) mass is 333 g/mol. The summed E-state index contributed by atoms with van der Waals surface area (Å²) in [4.78, 5) is 2.21. The molecule has 0 N–H and O–H groups in total. The quantitative estimate of drug-likeness (QED) is 0.550. The van der Waals surface area contributed by atoms with Crippen LogP contribution in [0.15, 0.2) is 0 Å². The van der Waals surface area contributed by atoms with Gasteiger partial charge < -0.3 is 9.47 Å². The molecule has 2 unspecified atom stereocenters. The fraction of sp³-hybridized carbons (Fsp3) is 1.00. The predicted molar refractivity (Wildman–Crippen MR) is 66.1 cm³/mol. The Balaban J connectivity index is 2.11. The van der Waals surface area contributed by atoms with Gasteiger partial charge in [0, 0.05) is 31.6 Å². The molecule has 0 saturated carbocycles. The van der Waals surface area contributed by atoms with E-state index in [4.69, 9.17) is 4.74 Å². The molecule has 18 heavy (non-hydrogen) atoms. The van der Waals surface area contributed by atoms with Gasteiger partial charge in [-0.3, -0.25) is 4.90 Å². The summed E-state index contributed by atoms with van der Waals surface area (Å²) in [5.41, 5.74) is 0. The van der Waals surface area contributed by atoms with E-state index in [1.165, 1.54) is 0 Å². The summed E-state index contributed by atoms with van der Waals surface area (Å²) >= 11 is 3.38. The number of ether oxygens (including phenoxy) is 2. The molecule has 7 heteroatoms. The van der Waals surface area contributed by atoms with Crippen LogP contribution in [0.4, 0.5) is 13.2 Å². The Bertz CT molecular complexity index is 241. The van der Waals surface area contributed by atoms with Crippen LogP contribution in [-0.2, 0) is 9.47 Å². The third-order valence-electron chi connectivity index (χ3n) is 2.60. The lowest BCUT2D eigenvalue weighted by molar-refractivity contribution is -0.174. The number of morpholine rings is 1. The molecule has 1 heterocycles. The largest absolute Gasteiger partial charge is 0.411 e. The fourth-order valence-electron chi connectivity index (χ4n) is 1.99. The van der Waals surface area contributed by atoms with Gasteiger partial charge in [-0.25, -0.2) is 0 Å². The van der Waals surface area contributed by atoms with Gasteiger partial charge in [0.1, 0.15) is 6.61 Å². The molecule has 0 spiro atoms. The minimum Gasteiger partial charge on any atom is -0.372 e. The third-order valence-corrected chi connectivity index (χ3v) is 3.32. The molecule has 108 valence electrons. The van der Waals surface area contributed by atoms with E-state index in [-0.39, 0.29) is 18.8 Å². The standard InChI is InChI=1S/C11H19BrF3NO2/c1-9-6-16(7-10(5-12)18-9)3-2-4-17-8-11(13,14)15/h9-10H,2-8H2,1H3. The van der Waals surface area contributed by atoms with Gasteiger partial charge in [0.25, 0.3) is 0 Å². The third kappa shape index (κ3) is 6.92. The van der Waals surface area contributed by atoms with Crippen LogP contribution >= 0.6 is 15.9 Å². The Labute approximate surface area is 114 Å². The Morgan fingerprint density at radius 1 is 1.39 bits per heavy atom.